The minimum absolute atomic E-state index is 0.413. The van der Waals surface area contributed by atoms with Crippen molar-refractivity contribution >= 4 is 27.8 Å². The standard InChI is InChI=1S/C53H37N/c1-5-18-38(19-6-1)39-20-17-27-44(36-39)54(43-25-11-4-12-26-43)52-35-33-45(46-28-13-14-30-48(46)52)40-32-34-51-49(37-40)47-29-15-16-31-50(47)53(51,41-21-7-2-8-22-41)42-23-9-3-10-24-42/h1-37H. The average molecular weight is 688 g/mol. The first kappa shape index (κ1) is 31.7. The summed E-state index contributed by atoms with van der Waals surface area (Å²) in [6.45, 7) is 0. The third-order valence-electron chi connectivity index (χ3n) is 11.1. The zero-order valence-electron chi connectivity index (χ0n) is 29.8. The molecule has 0 saturated carbocycles. The zero-order chi connectivity index (χ0) is 35.9. The van der Waals surface area contributed by atoms with Crippen molar-refractivity contribution < 1.29 is 0 Å². The topological polar surface area (TPSA) is 3.24 Å². The molecule has 254 valence electrons. The van der Waals surface area contributed by atoms with E-state index in [0.29, 0.717) is 0 Å². The van der Waals surface area contributed by atoms with Gasteiger partial charge < -0.3 is 4.90 Å². The van der Waals surface area contributed by atoms with Crippen LogP contribution in [0.5, 0.6) is 0 Å². The summed E-state index contributed by atoms with van der Waals surface area (Å²) in [7, 11) is 0. The molecule has 0 saturated heterocycles. The summed E-state index contributed by atoms with van der Waals surface area (Å²) < 4.78 is 0. The second-order valence-electron chi connectivity index (χ2n) is 14.1. The van der Waals surface area contributed by atoms with Gasteiger partial charge in [0, 0.05) is 16.8 Å². The number of fused-ring (bicyclic) bond motifs is 4. The van der Waals surface area contributed by atoms with Crippen molar-refractivity contribution in [2.45, 2.75) is 5.41 Å². The van der Waals surface area contributed by atoms with E-state index in [9.17, 15) is 0 Å². The minimum atomic E-state index is -0.413. The molecule has 1 nitrogen and oxygen atoms in total. The van der Waals surface area contributed by atoms with Crippen LogP contribution < -0.4 is 4.90 Å². The number of rotatable bonds is 7. The fourth-order valence-corrected chi connectivity index (χ4v) is 8.81. The number of nitrogens with zero attached hydrogens (tertiary/aromatic N) is 1. The van der Waals surface area contributed by atoms with Crippen LogP contribution >= 0.6 is 0 Å². The predicted octanol–water partition coefficient (Wildman–Crippen LogP) is 14.0. The summed E-state index contributed by atoms with van der Waals surface area (Å²) in [6, 6.07) is 81.9. The lowest BCUT2D eigenvalue weighted by Crippen LogP contribution is -2.28. The van der Waals surface area contributed by atoms with Crippen molar-refractivity contribution in [2.24, 2.45) is 0 Å². The second kappa shape index (κ2) is 13.2. The highest BCUT2D eigenvalue weighted by Crippen LogP contribution is 2.57. The lowest BCUT2D eigenvalue weighted by atomic mass is 9.67. The molecular weight excluding hydrogens is 651 g/mol. The maximum absolute atomic E-state index is 2.43. The van der Waals surface area contributed by atoms with E-state index in [1.807, 2.05) is 0 Å². The lowest BCUT2D eigenvalue weighted by molar-refractivity contribution is 0.768. The Kier molecular flexibility index (Phi) is 7.78. The Morgan fingerprint density at radius 1 is 0.296 bits per heavy atom. The van der Waals surface area contributed by atoms with Crippen molar-refractivity contribution in [3.63, 3.8) is 0 Å². The number of hydrogen-bond donors (Lipinski definition) is 0. The van der Waals surface area contributed by atoms with Crippen LogP contribution in [-0.4, -0.2) is 0 Å². The Morgan fingerprint density at radius 2 is 0.852 bits per heavy atom. The normalized spacial score (nSPS) is 12.6. The quantitative estimate of drug-likeness (QED) is 0.161. The maximum atomic E-state index is 2.43. The van der Waals surface area contributed by atoms with E-state index in [0.717, 1.165) is 17.1 Å². The van der Waals surface area contributed by atoms with E-state index in [4.69, 9.17) is 0 Å². The molecule has 0 fully saturated rings. The molecular formula is C53H37N. The van der Waals surface area contributed by atoms with Crippen molar-refractivity contribution in [1.29, 1.82) is 0 Å². The van der Waals surface area contributed by atoms with E-state index in [-0.39, 0.29) is 0 Å². The molecule has 0 spiro atoms. The van der Waals surface area contributed by atoms with Crippen LogP contribution in [0.3, 0.4) is 0 Å². The summed E-state index contributed by atoms with van der Waals surface area (Å²) in [4.78, 5) is 2.39. The van der Waals surface area contributed by atoms with Crippen molar-refractivity contribution in [2.75, 3.05) is 4.90 Å². The molecule has 1 heteroatoms. The van der Waals surface area contributed by atoms with Crippen LogP contribution in [0.4, 0.5) is 17.1 Å². The van der Waals surface area contributed by atoms with E-state index in [1.165, 1.54) is 66.4 Å². The highest BCUT2D eigenvalue weighted by atomic mass is 15.1. The average Bonchev–Trinajstić information content (AvgIpc) is 3.56. The monoisotopic (exact) mass is 687 g/mol. The fraction of sp³-hybridized carbons (Fsp3) is 0.0189. The van der Waals surface area contributed by atoms with Gasteiger partial charge in [0.25, 0.3) is 0 Å². The molecule has 0 bridgehead atoms. The van der Waals surface area contributed by atoms with Gasteiger partial charge in [0.05, 0.1) is 11.1 Å². The van der Waals surface area contributed by atoms with E-state index >= 15 is 0 Å². The third kappa shape index (κ3) is 5.09. The summed E-state index contributed by atoms with van der Waals surface area (Å²) >= 11 is 0. The van der Waals surface area contributed by atoms with Crippen LogP contribution in [0.1, 0.15) is 22.3 Å². The van der Waals surface area contributed by atoms with Gasteiger partial charge in [-0.2, -0.15) is 0 Å². The SMILES string of the molecule is c1ccc(-c2cccc(N(c3ccccc3)c3ccc(-c4ccc5c(c4)-c4ccccc4C5(c4ccccc4)c4ccccc4)c4ccccc34)c2)cc1. The van der Waals surface area contributed by atoms with Gasteiger partial charge >= 0.3 is 0 Å². The molecule has 0 unspecified atom stereocenters. The molecule has 1 aliphatic carbocycles. The van der Waals surface area contributed by atoms with Gasteiger partial charge in [0.2, 0.25) is 0 Å². The van der Waals surface area contributed by atoms with Crippen LogP contribution in [0.15, 0.2) is 224 Å². The largest absolute Gasteiger partial charge is 0.310 e. The molecule has 10 rings (SSSR count). The smallest absolute Gasteiger partial charge is 0.0713 e. The molecule has 0 aliphatic heterocycles. The molecule has 1 aliphatic rings. The lowest BCUT2D eigenvalue weighted by Gasteiger charge is -2.33. The van der Waals surface area contributed by atoms with Gasteiger partial charge in [-0.1, -0.05) is 188 Å². The molecule has 0 radical (unpaired) electrons. The van der Waals surface area contributed by atoms with Crippen LogP contribution in [0.2, 0.25) is 0 Å². The maximum Gasteiger partial charge on any atom is 0.0713 e. The Bertz CT molecular complexity index is 2710. The van der Waals surface area contributed by atoms with Crippen molar-refractivity contribution in [3.8, 4) is 33.4 Å². The van der Waals surface area contributed by atoms with Crippen molar-refractivity contribution in [3.05, 3.63) is 247 Å². The van der Waals surface area contributed by atoms with Crippen LogP contribution in [0, 0.1) is 0 Å². The number of anilines is 3. The molecule has 0 aromatic heterocycles. The summed E-state index contributed by atoms with van der Waals surface area (Å²) in [5.41, 5.74) is 15.6. The molecule has 0 atom stereocenters. The minimum Gasteiger partial charge on any atom is -0.310 e. The van der Waals surface area contributed by atoms with Gasteiger partial charge in [-0.25, -0.2) is 0 Å². The fourth-order valence-electron chi connectivity index (χ4n) is 8.81. The van der Waals surface area contributed by atoms with Gasteiger partial charge in [-0.15, -0.1) is 0 Å². The molecule has 0 N–H and O–H groups in total. The zero-order valence-corrected chi connectivity index (χ0v) is 29.8. The first-order chi connectivity index (χ1) is 26.8. The van der Waals surface area contributed by atoms with Crippen molar-refractivity contribution in [1.82, 2.24) is 0 Å². The predicted molar refractivity (Wildman–Crippen MR) is 227 cm³/mol. The highest BCUT2D eigenvalue weighted by Gasteiger charge is 2.46. The molecule has 54 heavy (non-hydrogen) atoms. The van der Waals surface area contributed by atoms with E-state index in [2.05, 4.69) is 229 Å². The van der Waals surface area contributed by atoms with Gasteiger partial charge in [0.1, 0.15) is 0 Å². The Hall–Kier alpha value is -6.96. The number of hydrogen-bond acceptors (Lipinski definition) is 1. The van der Waals surface area contributed by atoms with E-state index < -0.39 is 5.41 Å². The van der Waals surface area contributed by atoms with E-state index in [1.54, 1.807) is 0 Å². The molecule has 9 aromatic rings. The first-order valence-corrected chi connectivity index (χ1v) is 18.7. The second-order valence-corrected chi connectivity index (χ2v) is 14.1. The Labute approximate surface area is 317 Å². The van der Waals surface area contributed by atoms with Gasteiger partial charge in [-0.05, 0) is 97.4 Å². The molecule has 9 aromatic carbocycles. The Morgan fingerprint density at radius 3 is 1.57 bits per heavy atom. The Balaban J connectivity index is 1.16. The first-order valence-electron chi connectivity index (χ1n) is 18.7. The highest BCUT2D eigenvalue weighted by molar-refractivity contribution is 6.07. The van der Waals surface area contributed by atoms with Gasteiger partial charge in [0.15, 0.2) is 0 Å². The van der Waals surface area contributed by atoms with Crippen LogP contribution in [-0.2, 0) is 5.41 Å². The third-order valence-corrected chi connectivity index (χ3v) is 11.1. The van der Waals surface area contributed by atoms with Gasteiger partial charge in [-0.3, -0.25) is 0 Å². The summed E-state index contributed by atoms with van der Waals surface area (Å²) in [5.74, 6) is 0. The van der Waals surface area contributed by atoms with Crippen LogP contribution in [0.25, 0.3) is 44.2 Å². The summed E-state index contributed by atoms with van der Waals surface area (Å²) in [6.07, 6.45) is 0. The summed E-state index contributed by atoms with van der Waals surface area (Å²) in [5, 5.41) is 2.42. The number of benzene rings is 9. The molecule has 0 amide bonds. The molecule has 0 heterocycles. The number of para-hydroxylation sites is 1.